The van der Waals surface area contributed by atoms with Gasteiger partial charge >= 0.3 is 6.18 Å². The Morgan fingerprint density at radius 1 is 1.14 bits per heavy atom. The SMILES string of the molecule is CNc1cc(N2CC3CCC2C3)c(C(=O)NC2CCC(C(F)(F)F)CC2)cc1N. The van der Waals surface area contributed by atoms with Crippen molar-refractivity contribution in [3.05, 3.63) is 17.7 Å². The summed E-state index contributed by atoms with van der Waals surface area (Å²) in [5.74, 6) is -0.825. The molecule has 0 aromatic heterocycles. The first kappa shape index (κ1) is 20.2. The van der Waals surface area contributed by atoms with Gasteiger partial charge in [-0.05, 0) is 63.0 Å². The number of hydrogen-bond acceptors (Lipinski definition) is 4. The number of hydrogen-bond donors (Lipinski definition) is 3. The van der Waals surface area contributed by atoms with Crippen molar-refractivity contribution in [3.63, 3.8) is 0 Å². The first-order valence-corrected chi connectivity index (χ1v) is 10.5. The van der Waals surface area contributed by atoms with Gasteiger partial charge in [-0.1, -0.05) is 0 Å². The number of fused-ring (bicyclic) bond motifs is 2. The highest BCUT2D eigenvalue weighted by Gasteiger charge is 2.42. The minimum absolute atomic E-state index is 0.0675. The van der Waals surface area contributed by atoms with Gasteiger partial charge in [-0.25, -0.2) is 0 Å². The molecule has 2 unspecified atom stereocenters. The summed E-state index contributed by atoms with van der Waals surface area (Å²) in [6.45, 7) is 0.939. The smallest absolute Gasteiger partial charge is 0.391 e. The van der Waals surface area contributed by atoms with Crippen LogP contribution < -0.4 is 21.3 Å². The predicted molar refractivity (Wildman–Crippen MR) is 108 cm³/mol. The van der Waals surface area contributed by atoms with E-state index in [0.29, 0.717) is 36.1 Å². The number of nitrogens with two attached hydrogens (primary N) is 1. The van der Waals surface area contributed by atoms with Gasteiger partial charge in [0.25, 0.3) is 5.91 Å². The molecule has 1 amide bonds. The number of benzene rings is 1. The van der Waals surface area contributed by atoms with E-state index in [9.17, 15) is 18.0 Å². The van der Waals surface area contributed by atoms with Crippen LogP contribution in [0.4, 0.5) is 30.2 Å². The lowest BCUT2D eigenvalue weighted by Crippen LogP contribution is -2.41. The van der Waals surface area contributed by atoms with E-state index in [-0.39, 0.29) is 24.8 Å². The molecule has 2 atom stereocenters. The Labute approximate surface area is 169 Å². The number of halogens is 3. The molecule has 8 heteroatoms. The van der Waals surface area contributed by atoms with Crippen LogP contribution in [0.1, 0.15) is 55.3 Å². The summed E-state index contributed by atoms with van der Waals surface area (Å²) < 4.78 is 38.7. The highest BCUT2D eigenvalue weighted by Crippen LogP contribution is 2.43. The van der Waals surface area contributed by atoms with Crippen LogP contribution in [0.25, 0.3) is 0 Å². The molecule has 2 saturated carbocycles. The first-order valence-electron chi connectivity index (χ1n) is 10.5. The van der Waals surface area contributed by atoms with E-state index in [2.05, 4.69) is 15.5 Å². The van der Waals surface area contributed by atoms with Gasteiger partial charge in [0, 0.05) is 25.7 Å². The molecule has 160 valence electrons. The molecule has 0 spiro atoms. The highest BCUT2D eigenvalue weighted by atomic mass is 19.4. The topological polar surface area (TPSA) is 70.4 Å². The number of piperidine rings is 1. The van der Waals surface area contributed by atoms with E-state index in [4.69, 9.17) is 5.73 Å². The summed E-state index contributed by atoms with van der Waals surface area (Å²) in [6.07, 6.45) is 0.214. The molecule has 29 heavy (non-hydrogen) atoms. The standard InChI is InChI=1S/C21H29F3N4O/c1-26-18-10-19(28-11-12-2-7-15(28)8-12)16(9-17(18)25)20(29)27-14-5-3-13(4-6-14)21(22,23)24/h9-10,12-15,26H,2-8,11,25H2,1H3,(H,27,29). The second-order valence-electron chi connectivity index (χ2n) is 8.76. The largest absolute Gasteiger partial charge is 0.397 e. The molecule has 0 radical (unpaired) electrons. The van der Waals surface area contributed by atoms with E-state index in [1.54, 1.807) is 13.1 Å². The Bertz CT molecular complexity index is 774. The van der Waals surface area contributed by atoms with Crippen molar-refractivity contribution >= 4 is 23.0 Å². The summed E-state index contributed by atoms with van der Waals surface area (Å²) in [7, 11) is 1.80. The van der Waals surface area contributed by atoms with Crippen LogP contribution in [0, 0.1) is 11.8 Å². The second-order valence-corrected chi connectivity index (χ2v) is 8.76. The summed E-state index contributed by atoms with van der Waals surface area (Å²) in [6, 6.07) is 3.85. The van der Waals surface area contributed by atoms with Crippen LogP contribution >= 0.6 is 0 Å². The Morgan fingerprint density at radius 3 is 2.41 bits per heavy atom. The number of alkyl halides is 3. The average molecular weight is 410 g/mol. The van der Waals surface area contributed by atoms with Gasteiger partial charge in [0.2, 0.25) is 0 Å². The second kappa shape index (κ2) is 7.61. The van der Waals surface area contributed by atoms with E-state index in [1.807, 2.05) is 6.07 Å². The third kappa shape index (κ3) is 3.98. The summed E-state index contributed by atoms with van der Waals surface area (Å²) in [5, 5.41) is 6.05. The monoisotopic (exact) mass is 410 g/mol. The molecule has 1 saturated heterocycles. The van der Waals surface area contributed by atoms with Crippen LogP contribution in [0.3, 0.4) is 0 Å². The lowest BCUT2D eigenvalue weighted by molar-refractivity contribution is -0.182. The van der Waals surface area contributed by atoms with Crippen molar-refractivity contribution < 1.29 is 18.0 Å². The number of anilines is 3. The highest BCUT2D eigenvalue weighted by molar-refractivity contribution is 6.02. The maximum atomic E-state index is 13.1. The Morgan fingerprint density at radius 2 is 1.86 bits per heavy atom. The molecule has 1 aliphatic heterocycles. The molecule has 1 aromatic rings. The molecule has 1 heterocycles. The predicted octanol–water partition coefficient (Wildman–Crippen LogP) is 4.15. The number of nitrogens with zero attached hydrogens (tertiary/aromatic N) is 1. The van der Waals surface area contributed by atoms with Crippen LogP contribution in [-0.4, -0.2) is 37.8 Å². The summed E-state index contributed by atoms with van der Waals surface area (Å²) in [4.78, 5) is 15.4. The Hall–Kier alpha value is -2.12. The number of rotatable bonds is 4. The quantitative estimate of drug-likeness (QED) is 0.652. The normalized spacial score (nSPS) is 29.2. The molecule has 2 bridgehead atoms. The maximum absolute atomic E-state index is 13.1. The molecule has 5 nitrogen and oxygen atoms in total. The van der Waals surface area contributed by atoms with Crippen molar-refractivity contribution in [1.82, 2.24) is 5.32 Å². The molecular formula is C21H29F3N4O. The number of nitrogen functional groups attached to an aromatic ring is 1. The van der Waals surface area contributed by atoms with E-state index < -0.39 is 12.1 Å². The number of amides is 1. The fraction of sp³-hybridized carbons (Fsp3) is 0.667. The Kier molecular flexibility index (Phi) is 5.29. The number of nitrogens with one attached hydrogen (secondary N) is 2. The third-order valence-corrected chi connectivity index (χ3v) is 6.93. The zero-order chi connectivity index (χ0) is 20.8. The van der Waals surface area contributed by atoms with Crippen LogP contribution in [0.2, 0.25) is 0 Å². The zero-order valence-corrected chi connectivity index (χ0v) is 16.7. The van der Waals surface area contributed by atoms with E-state index >= 15 is 0 Å². The Balaban J connectivity index is 1.51. The minimum atomic E-state index is -4.14. The van der Waals surface area contributed by atoms with Crippen molar-refractivity contribution in [1.29, 1.82) is 0 Å². The van der Waals surface area contributed by atoms with Crippen LogP contribution in [-0.2, 0) is 0 Å². The number of carbonyl (C=O) groups is 1. The number of carbonyl (C=O) groups excluding carboxylic acids is 1. The van der Waals surface area contributed by atoms with Crippen LogP contribution in [0.15, 0.2) is 12.1 Å². The molecule has 1 aromatic carbocycles. The van der Waals surface area contributed by atoms with Gasteiger partial charge in [-0.15, -0.1) is 0 Å². The summed E-state index contributed by atoms with van der Waals surface area (Å²) >= 11 is 0. The summed E-state index contributed by atoms with van der Waals surface area (Å²) in [5.41, 5.74) is 8.79. The fourth-order valence-corrected chi connectivity index (χ4v) is 5.29. The fourth-order valence-electron chi connectivity index (χ4n) is 5.29. The molecule has 3 aliphatic rings. The first-order chi connectivity index (χ1) is 13.8. The van der Waals surface area contributed by atoms with Crippen LogP contribution in [0.5, 0.6) is 0 Å². The lowest BCUT2D eigenvalue weighted by Gasteiger charge is -2.33. The molecule has 4 N–H and O–H groups in total. The van der Waals surface area contributed by atoms with E-state index in [1.165, 1.54) is 6.42 Å². The van der Waals surface area contributed by atoms with Gasteiger partial charge in [-0.3, -0.25) is 4.79 Å². The van der Waals surface area contributed by atoms with Gasteiger partial charge in [0.1, 0.15) is 0 Å². The molecule has 2 aliphatic carbocycles. The minimum Gasteiger partial charge on any atom is -0.397 e. The van der Waals surface area contributed by atoms with Gasteiger partial charge in [0.15, 0.2) is 0 Å². The van der Waals surface area contributed by atoms with Crippen molar-refractivity contribution in [2.75, 3.05) is 29.5 Å². The van der Waals surface area contributed by atoms with Crippen molar-refractivity contribution in [2.24, 2.45) is 11.8 Å². The lowest BCUT2D eigenvalue weighted by atomic mass is 9.85. The molecule has 3 fully saturated rings. The molecular weight excluding hydrogens is 381 g/mol. The molecule has 4 rings (SSSR count). The maximum Gasteiger partial charge on any atom is 0.391 e. The van der Waals surface area contributed by atoms with E-state index in [0.717, 1.165) is 30.8 Å². The third-order valence-electron chi connectivity index (χ3n) is 6.93. The van der Waals surface area contributed by atoms with Gasteiger partial charge < -0.3 is 21.3 Å². The van der Waals surface area contributed by atoms with Crippen molar-refractivity contribution in [3.8, 4) is 0 Å². The average Bonchev–Trinajstić information content (AvgIpc) is 3.31. The zero-order valence-electron chi connectivity index (χ0n) is 16.7. The van der Waals surface area contributed by atoms with Crippen molar-refractivity contribution in [2.45, 2.75) is 63.2 Å². The van der Waals surface area contributed by atoms with Gasteiger partial charge in [-0.2, -0.15) is 13.2 Å². The van der Waals surface area contributed by atoms with Gasteiger partial charge in [0.05, 0.1) is 28.5 Å².